The van der Waals surface area contributed by atoms with Gasteiger partial charge < -0.3 is 14.4 Å². The maximum atomic E-state index is 12.2. The average Bonchev–Trinajstić information content (AvgIpc) is 2.65. The molecular weight excluding hydrogens is 302 g/mol. The molecule has 24 heavy (non-hydrogen) atoms. The lowest BCUT2D eigenvalue weighted by atomic mass is 10.1. The fourth-order valence-electron chi connectivity index (χ4n) is 2.80. The van der Waals surface area contributed by atoms with Gasteiger partial charge in [0, 0.05) is 30.8 Å². The van der Waals surface area contributed by atoms with Gasteiger partial charge in [-0.3, -0.25) is 4.79 Å². The minimum absolute atomic E-state index is 0.107. The van der Waals surface area contributed by atoms with E-state index in [1.807, 2.05) is 29.2 Å². The first kappa shape index (κ1) is 18.1. The molecule has 0 saturated carbocycles. The Morgan fingerprint density at radius 2 is 1.88 bits per heavy atom. The molecule has 1 aliphatic heterocycles. The zero-order valence-electron chi connectivity index (χ0n) is 14.9. The number of allylic oxidation sites excluding steroid dienone is 2. The van der Waals surface area contributed by atoms with Crippen LogP contribution in [0.15, 0.2) is 35.9 Å². The zero-order valence-corrected chi connectivity index (χ0v) is 14.9. The first-order valence-corrected chi connectivity index (χ1v) is 8.57. The van der Waals surface area contributed by atoms with E-state index in [0.717, 1.165) is 55.0 Å². The Kier molecular flexibility index (Phi) is 6.91. The number of piperidine rings is 1. The van der Waals surface area contributed by atoms with E-state index >= 15 is 0 Å². The third-order valence-electron chi connectivity index (χ3n) is 4.30. The number of amides is 1. The summed E-state index contributed by atoms with van der Waals surface area (Å²) in [5, 5.41) is 0. The Morgan fingerprint density at radius 1 is 1.12 bits per heavy atom. The average molecular weight is 329 g/mol. The first-order valence-electron chi connectivity index (χ1n) is 8.57. The number of hydrogen-bond donors (Lipinski definition) is 0. The normalized spacial score (nSPS) is 15.6. The fraction of sp³-hybridized carbons (Fsp3) is 0.450. The lowest BCUT2D eigenvalue weighted by Crippen LogP contribution is -2.34. The van der Waals surface area contributed by atoms with Crippen LogP contribution in [0.3, 0.4) is 0 Å². The Morgan fingerprint density at radius 3 is 2.50 bits per heavy atom. The number of carbonyl (C=O) groups is 1. The fourth-order valence-corrected chi connectivity index (χ4v) is 2.80. The van der Waals surface area contributed by atoms with E-state index in [4.69, 9.17) is 9.47 Å². The Balaban J connectivity index is 2.13. The molecule has 1 aliphatic rings. The van der Waals surface area contributed by atoms with Crippen molar-refractivity contribution in [1.82, 2.24) is 4.90 Å². The van der Waals surface area contributed by atoms with Gasteiger partial charge in [0.1, 0.15) is 11.5 Å². The summed E-state index contributed by atoms with van der Waals surface area (Å²) in [6.07, 6.45) is 9.96. The van der Waals surface area contributed by atoms with Gasteiger partial charge in [-0.15, -0.1) is 0 Å². The number of carbonyl (C=O) groups excluding carboxylic acids is 1. The number of hydrogen-bond acceptors (Lipinski definition) is 3. The van der Waals surface area contributed by atoms with E-state index in [2.05, 4.69) is 13.0 Å². The van der Waals surface area contributed by atoms with Gasteiger partial charge in [0.15, 0.2) is 0 Å². The molecule has 4 heteroatoms. The molecule has 1 amide bonds. The van der Waals surface area contributed by atoms with Crippen molar-refractivity contribution in [3.05, 3.63) is 41.5 Å². The monoisotopic (exact) mass is 329 g/mol. The summed E-state index contributed by atoms with van der Waals surface area (Å²) in [6, 6.07) is 5.74. The second kappa shape index (κ2) is 9.16. The smallest absolute Gasteiger partial charge is 0.246 e. The summed E-state index contributed by atoms with van der Waals surface area (Å²) in [5.74, 6) is 1.63. The van der Waals surface area contributed by atoms with Crippen LogP contribution in [-0.4, -0.2) is 38.1 Å². The molecule has 0 bridgehead atoms. The molecule has 1 saturated heterocycles. The van der Waals surface area contributed by atoms with Crippen molar-refractivity contribution in [2.24, 2.45) is 0 Å². The molecule has 1 aromatic carbocycles. The van der Waals surface area contributed by atoms with Crippen molar-refractivity contribution in [3.8, 4) is 11.5 Å². The Labute approximate surface area is 144 Å². The van der Waals surface area contributed by atoms with Gasteiger partial charge in [0.25, 0.3) is 0 Å². The van der Waals surface area contributed by atoms with Gasteiger partial charge in [-0.05, 0) is 49.5 Å². The topological polar surface area (TPSA) is 38.8 Å². The number of ether oxygens (including phenoxy) is 2. The minimum atomic E-state index is 0.107. The third-order valence-corrected chi connectivity index (χ3v) is 4.30. The highest BCUT2D eigenvalue weighted by Gasteiger charge is 2.13. The Bertz CT molecular complexity index is 613. The van der Waals surface area contributed by atoms with Crippen molar-refractivity contribution >= 4 is 12.0 Å². The number of benzene rings is 1. The summed E-state index contributed by atoms with van der Waals surface area (Å²) < 4.78 is 10.7. The first-order chi connectivity index (χ1) is 11.7. The molecule has 0 N–H and O–H groups in total. The van der Waals surface area contributed by atoms with Gasteiger partial charge in [-0.25, -0.2) is 0 Å². The molecule has 0 aromatic heterocycles. The van der Waals surface area contributed by atoms with Crippen LogP contribution < -0.4 is 9.47 Å². The highest BCUT2D eigenvalue weighted by Crippen LogP contribution is 2.27. The van der Waals surface area contributed by atoms with Crippen LogP contribution in [0, 0.1) is 0 Å². The highest BCUT2D eigenvalue weighted by atomic mass is 16.5. The number of nitrogens with zero attached hydrogens (tertiary/aromatic N) is 1. The van der Waals surface area contributed by atoms with Gasteiger partial charge in [0.05, 0.1) is 14.2 Å². The van der Waals surface area contributed by atoms with Crippen LogP contribution in [0.4, 0.5) is 0 Å². The standard InChI is InChI=1S/C20H27NO3/c1-4-16(8-11-20(22)21-12-6-5-7-13-21)14-17-9-10-18(23-2)15-19(17)24-3/h8-11,14-15H,4-7,12-13H2,1-3H3/b11-8+,16-14+. The predicted molar refractivity (Wildman–Crippen MR) is 97.4 cm³/mol. The van der Waals surface area contributed by atoms with Gasteiger partial charge in [-0.1, -0.05) is 13.0 Å². The molecule has 1 aromatic rings. The molecule has 4 nitrogen and oxygen atoms in total. The van der Waals surface area contributed by atoms with E-state index in [1.54, 1.807) is 20.3 Å². The van der Waals surface area contributed by atoms with Crippen molar-refractivity contribution in [1.29, 1.82) is 0 Å². The molecule has 0 spiro atoms. The number of likely N-dealkylation sites (tertiary alicyclic amines) is 1. The molecule has 0 unspecified atom stereocenters. The lowest BCUT2D eigenvalue weighted by Gasteiger charge is -2.25. The molecule has 130 valence electrons. The van der Waals surface area contributed by atoms with Crippen molar-refractivity contribution in [3.63, 3.8) is 0 Å². The van der Waals surface area contributed by atoms with E-state index < -0.39 is 0 Å². The van der Waals surface area contributed by atoms with Crippen LogP contribution in [0.2, 0.25) is 0 Å². The van der Waals surface area contributed by atoms with Crippen LogP contribution in [0.5, 0.6) is 11.5 Å². The molecule has 1 fully saturated rings. The second-order valence-corrected chi connectivity index (χ2v) is 5.90. The molecule has 1 heterocycles. The summed E-state index contributed by atoms with van der Waals surface area (Å²) >= 11 is 0. The summed E-state index contributed by atoms with van der Waals surface area (Å²) in [4.78, 5) is 14.2. The van der Waals surface area contributed by atoms with Crippen LogP contribution >= 0.6 is 0 Å². The number of rotatable bonds is 6. The van der Waals surface area contributed by atoms with E-state index in [-0.39, 0.29) is 5.91 Å². The molecule has 2 rings (SSSR count). The van der Waals surface area contributed by atoms with Crippen molar-refractivity contribution in [2.45, 2.75) is 32.6 Å². The Hall–Kier alpha value is -2.23. The largest absolute Gasteiger partial charge is 0.497 e. The molecular formula is C20H27NO3. The van der Waals surface area contributed by atoms with Crippen molar-refractivity contribution < 1.29 is 14.3 Å². The van der Waals surface area contributed by atoms with Crippen LogP contribution in [0.1, 0.15) is 38.2 Å². The summed E-state index contributed by atoms with van der Waals surface area (Å²) in [6.45, 7) is 3.83. The maximum Gasteiger partial charge on any atom is 0.246 e. The molecule has 0 aliphatic carbocycles. The van der Waals surface area contributed by atoms with Crippen LogP contribution in [0.25, 0.3) is 6.08 Å². The minimum Gasteiger partial charge on any atom is -0.497 e. The highest BCUT2D eigenvalue weighted by molar-refractivity contribution is 5.88. The van der Waals surface area contributed by atoms with Crippen molar-refractivity contribution in [2.75, 3.05) is 27.3 Å². The maximum absolute atomic E-state index is 12.2. The number of methoxy groups -OCH3 is 2. The SMILES string of the molecule is CCC(/C=C/C(=O)N1CCCCC1)=C\c1ccc(OC)cc1OC. The second-order valence-electron chi connectivity index (χ2n) is 5.90. The van der Waals surface area contributed by atoms with E-state index in [0.29, 0.717) is 0 Å². The molecule has 0 radical (unpaired) electrons. The zero-order chi connectivity index (χ0) is 17.4. The molecule has 0 atom stereocenters. The lowest BCUT2D eigenvalue weighted by molar-refractivity contribution is -0.126. The van der Waals surface area contributed by atoms with Gasteiger partial charge >= 0.3 is 0 Å². The van der Waals surface area contributed by atoms with Gasteiger partial charge in [-0.2, -0.15) is 0 Å². The quantitative estimate of drug-likeness (QED) is 0.583. The summed E-state index contributed by atoms with van der Waals surface area (Å²) in [7, 11) is 3.28. The van der Waals surface area contributed by atoms with Gasteiger partial charge in [0.2, 0.25) is 5.91 Å². The van der Waals surface area contributed by atoms with E-state index in [9.17, 15) is 4.79 Å². The van der Waals surface area contributed by atoms with E-state index in [1.165, 1.54) is 6.42 Å². The van der Waals surface area contributed by atoms with Crippen LogP contribution in [-0.2, 0) is 4.79 Å². The predicted octanol–water partition coefficient (Wildman–Crippen LogP) is 4.07. The summed E-state index contributed by atoms with van der Waals surface area (Å²) in [5.41, 5.74) is 2.06. The third kappa shape index (κ3) is 4.88.